The molecule has 0 fully saturated rings. The number of nitrogens with zero attached hydrogens (tertiary/aromatic N) is 1. The average Bonchev–Trinajstić information content (AvgIpc) is 2.67. The molecular weight excluding hydrogens is 244 g/mol. The van der Waals surface area contributed by atoms with E-state index in [1.54, 1.807) is 11.3 Å². The molecule has 0 saturated carbocycles. The normalized spacial score (nSPS) is 12.4. The topological polar surface area (TPSA) is 48.1 Å². The van der Waals surface area contributed by atoms with E-state index >= 15 is 0 Å². The Kier molecular flexibility index (Phi) is 3.99. The number of benzene rings is 1. The summed E-state index contributed by atoms with van der Waals surface area (Å²) in [5, 5.41) is 1.01. The van der Waals surface area contributed by atoms with Gasteiger partial charge in [-0.3, -0.25) is 0 Å². The van der Waals surface area contributed by atoms with Gasteiger partial charge in [-0.25, -0.2) is 4.98 Å². The third-order valence-corrected chi connectivity index (χ3v) is 3.87. The zero-order valence-corrected chi connectivity index (χ0v) is 11.8. The molecule has 1 aromatic carbocycles. The molecule has 18 heavy (non-hydrogen) atoms. The van der Waals surface area contributed by atoms with Crippen LogP contribution < -0.4 is 10.5 Å². The van der Waals surface area contributed by atoms with E-state index in [2.05, 4.69) is 11.9 Å². The molecule has 1 heterocycles. The smallest absolute Gasteiger partial charge is 0.140 e. The minimum atomic E-state index is 0.0258. The molecule has 0 aliphatic heterocycles. The van der Waals surface area contributed by atoms with Gasteiger partial charge in [-0.05, 0) is 38.5 Å². The van der Waals surface area contributed by atoms with Crippen LogP contribution in [0.2, 0.25) is 0 Å². The van der Waals surface area contributed by atoms with Crippen LogP contribution in [0.3, 0.4) is 0 Å². The Morgan fingerprint density at radius 3 is 2.78 bits per heavy atom. The molecule has 0 aliphatic carbocycles. The van der Waals surface area contributed by atoms with Crippen molar-refractivity contribution in [3.63, 3.8) is 0 Å². The molecular formula is C14H18N2OS. The summed E-state index contributed by atoms with van der Waals surface area (Å²) in [7, 11) is 0. The Bertz CT molecular complexity index is 515. The molecule has 1 atom stereocenters. The van der Waals surface area contributed by atoms with Crippen molar-refractivity contribution >= 4 is 11.3 Å². The van der Waals surface area contributed by atoms with E-state index in [9.17, 15) is 0 Å². The standard InChI is InChI=1S/C14H18N2OS/c1-9(15)12-5-4-6-13(7-12)17-8-14-16-10(2)11(3)18-14/h4-7,9H,8,15H2,1-3H3. The summed E-state index contributed by atoms with van der Waals surface area (Å²) in [6, 6.07) is 7.93. The molecule has 2 aromatic rings. The second-order valence-electron chi connectivity index (χ2n) is 4.40. The van der Waals surface area contributed by atoms with Crippen molar-refractivity contribution in [2.75, 3.05) is 0 Å². The van der Waals surface area contributed by atoms with Gasteiger partial charge < -0.3 is 10.5 Å². The molecule has 3 nitrogen and oxygen atoms in total. The highest BCUT2D eigenvalue weighted by Crippen LogP contribution is 2.21. The maximum atomic E-state index is 5.85. The summed E-state index contributed by atoms with van der Waals surface area (Å²) in [6.07, 6.45) is 0. The molecule has 0 saturated heterocycles. The van der Waals surface area contributed by atoms with Crippen molar-refractivity contribution in [1.29, 1.82) is 0 Å². The largest absolute Gasteiger partial charge is 0.486 e. The van der Waals surface area contributed by atoms with Crippen LogP contribution in [0, 0.1) is 13.8 Å². The van der Waals surface area contributed by atoms with Gasteiger partial charge in [-0.2, -0.15) is 0 Å². The van der Waals surface area contributed by atoms with Gasteiger partial charge in [0.05, 0.1) is 5.69 Å². The van der Waals surface area contributed by atoms with E-state index in [0.717, 1.165) is 22.0 Å². The van der Waals surface area contributed by atoms with Gasteiger partial charge in [-0.15, -0.1) is 11.3 Å². The van der Waals surface area contributed by atoms with Gasteiger partial charge in [0.15, 0.2) is 0 Å². The average molecular weight is 262 g/mol. The second-order valence-corrected chi connectivity index (χ2v) is 5.69. The van der Waals surface area contributed by atoms with E-state index in [1.807, 2.05) is 38.1 Å². The number of hydrogen-bond donors (Lipinski definition) is 1. The van der Waals surface area contributed by atoms with Crippen LogP contribution in [0.1, 0.15) is 34.1 Å². The van der Waals surface area contributed by atoms with Crippen molar-refractivity contribution in [3.8, 4) is 5.75 Å². The van der Waals surface area contributed by atoms with Gasteiger partial charge in [0, 0.05) is 10.9 Å². The van der Waals surface area contributed by atoms with Gasteiger partial charge in [0.2, 0.25) is 0 Å². The molecule has 1 unspecified atom stereocenters. The first-order valence-electron chi connectivity index (χ1n) is 5.97. The van der Waals surface area contributed by atoms with Crippen LogP contribution in [0.4, 0.5) is 0 Å². The van der Waals surface area contributed by atoms with Crippen LogP contribution >= 0.6 is 11.3 Å². The van der Waals surface area contributed by atoms with E-state index in [0.29, 0.717) is 6.61 Å². The molecule has 4 heteroatoms. The molecule has 0 spiro atoms. The Balaban J connectivity index is 2.03. The molecule has 2 rings (SSSR count). The highest BCUT2D eigenvalue weighted by Gasteiger charge is 2.05. The lowest BCUT2D eigenvalue weighted by molar-refractivity contribution is 0.305. The zero-order chi connectivity index (χ0) is 13.1. The van der Waals surface area contributed by atoms with E-state index < -0.39 is 0 Å². The van der Waals surface area contributed by atoms with Crippen molar-refractivity contribution < 1.29 is 4.74 Å². The monoisotopic (exact) mass is 262 g/mol. The van der Waals surface area contributed by atoms with Crippen molar-refractivity contribution in [1.82, 2.24) is 4.98 Å². The highest BCUT2D eigenvalue weighted by molar-refractivity contribution is 7.11. The second kappa shape index (κ2) is 5.50. The predicted molar refractivity (Wildman–Crippen MR) is 75.0 cm³/mol. The third-order valence-electron chi connectivity index (χ3n) is 2.82. The van der Waals surface area contributed by atoms with E-state index in [1.165, 1.54) is 4.88 Å². The third kappa shape index (κ3) is 3.09. The number of hydrogen-bond acceptors (Lipinski definition) is 4. The van der Waals surface area contributed by atoms with E-state index in [4.69, 9.17) is 10.5 Å². The first-order valence-corrected chi connectivity index (χ1v) is 6.79. The van der Waals surface area contributed by atoms with Crippen LogP contribution in [0.5, 0.6) is 5.75 Å². The number of rotatable bonds is 4. The van der Waals surface area contributed by atoms with Crippen molar-refractivity contribution in [2.45, 2.75) is 33.4 Å². The summed E-state index contributed by atoms with van der Waals surface area (Å²) in [4.78, 5) is 5.70. The van der Waals surface area contributed by atoms with Crippen molar-refractivity contribution in [2.24, 2.45) is 5.73 Å². The molecule has 2 N–H and O–H groups in total. The fourth-order valence-corrected chi connectivity index (χ4v) is 2.48. The van der Waals surface area contributed by atoms with Crippen LogP contribution in [-0.2, 0) is 6.61 Å². The molecule has 96 valence electrons. The predicted octanol–water partition coefficient (Wildman–Crippen LogP) is 3.36. The quantitative estimate of drug-likeness (QED) is 0.919. The zero-order valence-electron chi connectivity index (χ0n) is 10.9. The lowest BCUT2D eigenvalue weighted by Gasteiger charge is -2.08. The van der Waals surface area contributed by atoms with Gasteiger partial charge in [-0.1, -0.05) is 12.1 Å². The summed E-state index contributed by atoms with van der Waals surface area (Å²) >= 11 is 1.68. The van der Waals surface area contributed by atoms with Gasteiger partial charge in [0.1, 0.15) is 17.4 Å². The van der Waals surface area contributed by atoms with Crippen LogP contribution in [0.15, 0.2) is 24.3 Å². The maximum absolute atomic E-state index is 5.85. The summed E-state index contributed by atoms with van der Waals surface area (Å²) < 4.78 is 5.74. The van der Waals surface area contributed by atoms with E-state index in [-0.39, 0.29) is 6.04 Å². The van der Waals surface area contributed by atoms with Crippen molar-refractivity contribution in [3.05, 3.63) is 45.4 Å². The summed E-state index contributed by atoms with van der Waals surface area (Å²) in [6.45, 7) is 6.58. The first-order chi connectivity index (χ1) is 8.56. The SMILES string of the molecule is Cc1nc(COc2cccc(C(C)N)c2)sc1C. The number of aryl methyl sites for hydroxylation is 2. The molecule has 0 amide bonds. The number of thiazole rings is 1. The lowest BCUT2D eigenvalue weighted by Crippen LogP contribution is -2.05. The van der Waals surface area contributed by atoms with Crippen LogP contribution in [-0.4, -0.2) is 4.98 Å². The lowest BCUT2D eigenvalue weighted by atomic mass is 10.1. The number of aromatic nitrogens is 1. The minimum Gasteiger partial charge on any atom is -0.486 e. The minimum absolute atomic E-state index is 0.0258. The highest BCUT2D eigenvalue weighted by atomic mass is 32.1. The van der Waals surface area contributed by atoms with Gasteiger partial charge in [0.25, 0.3) is 0 Å². The number of ether oxygens (including phenoxy) is 1. The Labute approximate surface area is 112 Å². The molecule has 0 aliphatic rings. The molecule has 0 radical (unpaired) electrons. The van der Waals surface area contributed by atoms with Gasteiger partial charge >= 0.3 is 0 Å². The fourth-order valence-electron chi connectivity index (χ4n) is 1.63. The summed E-state index contributed by atoms with van der Waals surface area (Å²) in [5.74, 6) is 0.843. The Morgan fingerprint density at radius 1 is 1.39 bits per heavy atom. The Hall–Kier alpha value is -1.39. The molecule has 1 aromatic heterocycles. The first kappa shape index (κ1) is 13.1. The number of nitrogens with two attached hydrogens (primary N) is 1. The van der Waals surface area contributed by atoms with Crippen LogP contribution in [0.25, 0.3) is 0 Å². The Morgan fingerprint density at radius 2 is 2.17 bits per heavy atom. The molecule has 0 bridgehead atoms. The maximum Gasteiger partial charge on any atom is 0.140 e. The summed E-state index contributed by atoms with van der Waals surface area (Å²) in [5.41, 5.74) is 8.02. The fraction of sp³-hybridized carbons (Fsp3) is 0.357.